The van der Waals surface area contributed by atoms with E-state index in [4.69, 9.17) is 5.73 Å². The molecule has 0 amide bonds. The van der Waals surface area contributed by atoms with E-state index in [1.54, 1.807) is 0 Å². The normalized spacial score (nSPS) is 12.4. The number of hydrogen-bond acceptors (Lipinski definition) is 2. The van der Waals surface area contributed by atoms with Crippen LogP contribution in [0.2, 0.25) is 0 Å². The monoisotopic (exact) mass is 195 g/mol. The van der Waals surface area contributed by atoms with Gasteiger partial charge in [0.15, 0.2) is 0 Å². The van der Waals surface area contributed by atoms with Gasteiger partial charge < -0.3 is 15.6 Å². The summed E-state index contributed by atoms with van der Waals surface area (Å²) in [5, 5.41) is 0. The third-order valence-corrected chi connectivity index (χ3v) is 2.35. The van der Waals surface area contributed by atoms with E-state index in [9.17, 15) is 0 Å². The zero-order valence-corrected chi connectivity index (χ0v) is 9.38. The van der Waals surface area contributed by atoms with Crippen molar-refractivity contribution in [3.8, 4) is 0 Å². The SMILES string of the molecule is CN(Cc1ccc[nH]1)CC(C)(C)CN. The third-order valence-electron chi connectivity index (χ3n) is 2.35. The molecular weight excluding hydrogens is 174 g/mol. The van der Waals surface area contributed by atoms with Gasteiger partial charge in [-0.1, -0.05) is 13.8 Å². The molecular formula is C11H21N3. The summed E-state index contributed by atoms with van der Waals surface area (Å²) >= 11 is 0. The van der Waals surface area contributed by atoms with Crippen molar-refractivity contribution in [1.82, 2.24) is 9.88 Å². The Bertz CT molecular complexity index is 252. The van der Waals surface area contributed by atoms with Crippen molar-refractivity contribution in [2.75, 3.05) is 20.1 Å². The van der Waals surface area contributed by atoms with Crippen LogP contribution in [0.25, 0.3) is 0 Å². The second-order valence-corrected chi connectivity index (χ2v) is 4.74. The largest absolute Gasteiger partial charge is 0.364 e. The molecule has 0 aromatic carbocycles. The summed E-state index contributed by atoms with van der Waals surface area (Å²) in [6, 6.07) is 4.13. The highest BCUT2D eigenvalue weighted by molar-refractivity contribution is 5.03. The molecule has 0 aliphatic heterocycles. The molecule has 1 aromatic rings. The van der Waals surface area contributed by atoms with Crippen LogP contribution in [0.3, 0.4) is 0 Å². The van der Waals surface area contributed by atoms with E-state index in [2.05, 4.69) is 36.8 Å². The van der Waals surface area contributed by atoms with E-state index in [1.165, 1.54) is 5.69 Å². The summed E-state index contributed by atoms with van der Waals surface area (Å²) < 4.78 is 0. The maximum absolute atomic E-state index is 5.69. The van der Waals surface area contributed by atoms with Crippen LogP contribution < -0.4 is 5.73 Å². The second-order valence-electron chi connectivity index (χ2n) is 4.74. The Morgan fingerprint density at radius 2 is 2.21 bits per heavy atom. The minimum atomic E-state index is 0.196. The number of rotatable bonds is 5. The van der Waals surface area contributed by atoms with Gasteiger partial charge in [0.1, 0.15) is 0 Å². The zero-order valence-electron chi connectivity index (χ0n) is 9.38. The van der Waals surface area contributed by atoms with Gasteiger partial charge in [0.2, 0.25) is 0 Å². The average molecular weight is 195 g/mol. The Kier molecular flexibility index (Phi) is 3.72. The summed E-state index contributed by atoms with van der Waals surface area (Å²) in [5.74, 6) is 0. The van der Waals surface area contributed by atoms with E-state index in [-0.39, 0.29) is 5.41 Å². The number of aromatic nitrogens is 1. The van der Waals surface area contributed by atoms with Crippen LogP contribution in [0.4, 0.5) is 0 Å². The Morgan fingerprint density at radius 3 is 2.71 bits per heavy atom. The van der Waals surface area contributed by atoms with Crippen molar-refractivity contribution in [1.29, 1.82) is 0 Å². The first-order valence-corrected chi connectivity index (χ1v) is 5.04. The molecule has 0 atom stereocenters. The summed E-state index contributed by atoms with van der Waals surface area (Å²) in [6.45, 7) is 7.08. The fourth-order valence-corrected chi connectivity index (χ4v) is 1.61. The topological polar surface area (TPSA) is 45.0 Å². The van der Waals surface area contributed by atoms with E-state index in [0.29, 0.717) is 0 Å². The number of hydrogen-bond donors (Lipinski definition) is 2. The number of nitrogens with zero attached hydrogens (tertiary/aromatic N) is 1. The number of nitrogens with two attached hydrogens (primary N) is 1. The molecule has 80 valence electrons. The summed E-state index contributed by atoms with van der Waals surface area (Å²) in [6.07, 6.45) is 1.96. The van der Waals surface area contributed by atoms with E-state index in [0.717, 1.165) is 19.6 Å². The summed E-state index contributed by atoms with van der Waals surface area (Å²) in [7, 11) is 2.12. The average Bonchev–Trinajstić information content (AvgIpc) is 2.55. The highest BCUT2D eigenvalue weighted by Gasteiger charge is 2.17. The molecule has 0 spiro atoms. The first-order valence-electron chi connectivity index (χ1n) is 5.04. The molecule has 0 aliphatic rings. The van der Waals surface area contributed by atoms with Crippen LogP contribution in [-0.2, 0) is 6.54 Å². The number of nitrogens with one attached hydrogen (secondary N) is 1. The van der Waals surface area contributed by atoms with Gasteiger partial charge in [-0.15, -0.1) is 0 Å². The first kappa shape index (κ1) is 11.3. The fourth-order valence-electron chi connectivity index (χ4n) is 1.61. The molecule has 0 unspecified atom stereocenters. The smallest absolute Gasteiger partial charge is 0.0382 e. The lowest BCUT2D eigenvalue weighted by atomic mass is 9.93. The van der Waals surface area contributed by atoms with Gasteiger partial charge in [0.25, 0.3) is 0 Å². The molecule has 1 heterocycles. The molecule has 3 N–H and O–H groups in total. The summed E-state index contributed by atoms with van der Waals surface area (Å²) in [5.41, 5.74) is 7.14. The molecule has 0 aliphatic carbocycles. The van der Waals surface area contributed by atoms with Crippen molar-refractivity contribution >= 4 is 0 Å². The first-order chi connectivity index (χ1) is 6.53. The van der Waals surface area contributed by atoms with Crippen molar-refractivity contribution in [3.63, 3.8) is 0 Å². The number of aromatic amines is 1. The Balaban J connectivity index is 2.40. The molecule has 0 radical (unpaired) electrons. The van der Waals surface area contributed by atoms with Gasteiger partial charge in [0.05, 0.1) is 0 Å². The van der Waals surface area contributed by atoms with Crippen LogP contribution >= 0.6 is 0 Å². The van der Waals surface area contributed by atoms with Crippen LogP contribution in [0.1, 0.15) is 19.5 Å². The molecule has 0 bridgehead atoms. The maximum Gasteiger partial charge on any atom is 0.0382 e. The van der Waals surface area contributed by atoms with Crippen molar-refractivity contribution < 1.29 is 0 Å². The van der Waals surface area contributed by atoms with Gasteiger partial charge in [-0.3, -0.25) is 0 Å². The van der Waals surface area contributed by atoms with Gasteiger partial charge in [0, 0.05) is 25.0 Å². The van der Waals surface area contributed by atoms with Gasteiger partial charge >= 0.3 is 0 Å². The highest BCUT2D eigenvalue weighted by atomic mass is 15.1. The lowest BCUT2D eigenvalue weighted by Crippen LogP contribution is -2.36. The van der Waals surface area contributed by atoms with E-state index >= 15 is 0 Å². The molecule has 14 heavy (non-hydrogen) atoms. The molecule has 1 rings (SSSR count). The molecule has 3 heteroatoms. The molecule has 0 fully saturated rings. The predicted octanol–water partition coefficient (Wildman–Crippen LogP) is 1.43. The molecule has 1 aromatic heterocycles. The lowest BCUT2D eigenvalue weighted by Gasteiger charge is -2.28. The third kappa shape index (κ3) is 3.52. The minimum Gasteiger partial charge on any atom is -0.364 e. The van der Waals surface area contributed by atoms with Gasteiger partial charge in [-0.25, -0.2) is 0 Å². The Hall–Kier alpha value is -0.800. The van der Waals surface area contributed by atoms with Crippen LogP contribution in [-0.4, -0.2) is 30.0 Å². The molecule has 0 saturated carbocycles. The Labute approximate surface area is 86.3 Å². The van der Waals surface area contributed by atoms with Crippen molar-refractivity contribution in [3.05, 3.63) is 24.0 Å². The maximum atomic E-state index is 5.69. The van der Waals surface area contributed by atoms with Crippen LogP contribution in [0, 0.1) is 5.41 Å². The van der Waals surface area contributed by atoms with Crippen molar-refractivity contribution in [2.45, 2.75) is 20.4 Å². The van der Waals surface area contributed by atoms with Crippen LogP contribution in [0.15, 0.2) is 18.3 Å². The highest BCUT2D eigenvalue weighted by Crippen LogP contribution is 2.14. The van der Waals surface area contributed by atoms with Crippen LogP contribution in [0.5, 0.6) is 0 Å². The second kappa shape index (κ2) is 4.62. The van der Waals surface area contributed by atoms with E-state index < -0.39 is 0 Å². The summed E-state index contributed by atoms with van der Waals surface area (Å²) in [4.78, 5) is 5.49. The molecule has 3 nitrogen and oxygen atoms in total. The Morgan fingerprint density at radius 1 is 1.50 bits per heavy atom. The predicted molar refractivity (Wildman–Crippen MR) is 60.0 cm³/mol. The molecule has 0 saturated heterocycles. The zero-order chi connectivity index (χ0) is 10.6. The lowest BCUT2D eigenvalue weighted by molar-refractivity contribution is 0.208. The quantitative estimate of drug-likeness (QED) is 0.746. The van der Waals surface area contributed by atoms with Gasteiger partial charge in [-0.05, 0) is 31.1 Å². The minimum absolute atomic E-state index is 0.196. The standard InChI is InChI=1S/C11H21N3/c1-11(2,8-12)9-14(3)7-10-5-4-6-13-10/h4-6,13H,7-9,12H2,1-3H3. The fraction of sp³-hybridized carbons (Fsp3) is 0.636. The van der Waals surface area contributed by atoms with E-state index in [1.807, 2.05) is 12.3 Å². The number of H-pyrrole nitrogens is 1. The van der Waals surface area contributed by atoms with Gasteiger partial charge in [-0.2, -0.15) is 0 Å². The van der Waals surface area contributed by atoms with Crippen molar-refractivity contribution in [2.24, 2.45) is 11.1 Å².